The molecule has 6 heteroatoms. The second-order valence-electron chi connectivity index (χ2n) is 2.11. The maximum absolute atomic E-state index is 10.2. The first-order valence-corrected chi connectivity index (χ1v) is 2.54. The zero-order chi connectivity index (χ0) is 8.20. The standard InChI is InChI=1S/C4H8N4O2/c1-4(5,3(9)10)2-7-8-6/h2,5H2,1H3,(H,9,10)/t4-/m0/s1. The molecule has 0 amide bonds. The first kappa shape index (κ1) is 8.74. The van der Waals surface area contributed by atoms with Crippen LogP contribution in [-0.4, -0.2) is 23.2 Å². The summed E-state index contributed by atoms with van der Waals surface area (Å²) in [7, 11) is 0. The number of azide groups is 1. The van der Waals surface area contributed by atoms with E-state index in [1.165, 1.54) is 6.92 Å². The molecule has 0 aliphatic heterocycles. The fourth-order valence-electron chi connectivity index (χ4n) is 0.246. The van der Waals surface area contributed by atoms with Crippen molar-refractivity contribution in [1.29, 1.82) is 0 Å². The van der Waals surface area contributed by atoms with Crippen molar-refractivity contribution < 1.29 is 9.90 Å². The van der Waals surface area contributed by atoms with Crippen LogP contribution >= 0.6 is 0 Å². The summed E-state index contributed by atoms with van der Waals surface area (Å²) in [4.78, 5) is 12.6. The molecule has 10 heavy (non-hydrogen) atoms. The SMILES string of the molecule is C[C@](N)(CN=[N+]=[N-])C(=O)O. The number of nitrogens with zero attached hydrogens (tertiary/aromatic N) is 3. The van der Waals surface area contributed by atoms with Crippen LogP contribution in [0.5, 0.6) is 0 Å². The van der Waals surface area contributed by atoms with E-state index in [9.17, 15) is 4.79 Å². The van der Waals surface area contributed by atoms with Gasteiger partial charge in [0.15, 0.2) is 0 Å². The van der Waals surface area contributed by atoms with Crippen LogP contribution in [0.3, 0.4) is 0 Å². The molecular formula is C4H8N4O2. The van der Waals surface area contributed by atoms with Crippen molar-refractivity contribution in [2.24, 2.45) is 10.8 Å². The highest BCUT2D eigenvalue weighted by Gasteiger charge is 2.26. The Morgan fingerprint density at radius 2 is 2.50 bits per heavy atom. The summed E-state index contributed by atoms with van der Waals surface area (Å²) in [6.07, 6.45) is 0. The third-order valence-electron chi connectivity index (χ3n) is 0.951. The molecule has 6 nitrogen and oxygen atoms in total. The number of carbonyl (C=O) groups is 1. The molecule has 0 aromatic rings. The maximum Gasteiger partial charge on any atom is 0.323 e. The fraction of sp³-hybridized carbons (Fsp3) is 0.750. The molecule has 0 aromatic carbocycles. The second kappa shape index (κ2) is 3.05. The van der Waals surface area contributed by atoms with Gasteiger partial charge in [0.25, 0.3) is 0 Å². The van der Waals surface area contributed by atoms with E-state index in [0.29, 0.717) is 0 Å². The molecule has 56 valence electrons. The largest absolute Gasteiger partial charge is 0.480 e. The average molecular weight is 144 g/mol. The van der Waals surface area contributed by atoms with Gasteiger partial charge in [0.2, 0.25) is 0 Å². The lowest BCUT2D eigenvalue weighted by Crippen LogP contribution is -2.47. The van der Waals surface area contributed by atoms with Gasteiger partial charge >= 0.3 is 5.97 Å². The first-order valence-electron chi connectivity index (χ1n) is 2.54. The van der Waals surface area contributed by atoms with E-state index in [4.69, 9.17) is 16.4 Å². The normalized spacial score (nSPS) is 15.0. The van der Waals surface area contributed by atoms with Crippen molar-refractivity contribution in [3.8, 4) is 0 Å². The summed E-state index contributed by atoms with van der Waals surface area (Å²) in [5.41, 5.74) is 11.6. The molecule has 0 spiro atoms. The number of hydrogen-bond donors (Lipinski definition) is 2. The number of carboxylic acids is 1. The maximum atomic E-state index is 10.2. The molecule has 0 aromatic heterocycles. The third kappa shape index (κ3) is 2.34. The van der Waals surface area contributed by atoms with Crippen molar-refractivity contribution >= 4 is 5.97 Å². The third-order valence-corrected chi connectivity index (χ3v) is 0.951. The van der Waals surface area contributed by atoms with Crippen molar-refractivity contribution in [3.05, 3.63) is 10.4 Å². The molecule has 3 N–H and O–H groups in total. The van der Waals surface area contributed by atoms with E-state index in [1.807, 2.05) is 0 Å². The van der Waals surface area contributed by atoms with E-state index < -0.39 is 11.5 Å². The smallest absolute Gasteiger partial charge is 0.323 e. The Hall–Kier alpha value is -1.26. The van der Waals surface area contributed by atoms with Crippen LogP contribution < -0.4 is 5.73 Å². The fourth-order valence-corrected chi connectivity index (χ4v) is 0.246. The summed E-state index contributed by atoms with van der Waals surface area (Å²) < 4.78 is 0. The molecule has 0 heterocycles. The van der Waals surface area contributed by atoms with Gasteiger partial charge in [-0.15, -0.1) is 0 Å². The minimum atomic E-state index is -1.45. The Labute approximate surface area is 57.3 Å². The van der Waals surface area contributed by atoms with E-state index >= 15 is 0 Å². The molecule has 0 radical (unpaired) electrons. The summed E-state index contributed by atoms with van der Waals surface area (Å²) in [5, 5.41) is 11.4. The van der Waals surface area contributed by atoms with Crippen LogP contribution in [0.15, 0.2) is 5.11 Å². The molecule has 0 saturated carbocycles. The van der Waals surface area contributed by atoms with E-state index in [2.05, 4.69) is 10.0 Å². The van der Waals surface area contributed by atoms with Crippen molar-refractivity contribution in [1.82, 2.24) is 0 Å². The first-order chi connectivity index (χ1) is 4.50. The number of nitrogens with two attached hydrogens (primary N) is 1. The lowest BCUT2D eigenvalue weighted by atomic mass is 10.1. The summed E-state index contributed by atoms with van der Waals surface area (Å²) in [6, 6.07) is 0. The number of aliphatic carboxylic acids is 1. The highest BCUT2D eigenvalue weighted by atomic mass is 16.4. The van der Waals surface area contributed by atoms with Gasteiger partial charge in [0, 0.05) is 4.91 Å². The zero-order valence-corrected chi connectivity index (χ0v) is 5.48. The summed E-state index contributed by atoms with van der Waals surface area (Å²) in [6.45, 7) is 1.04. The molecule has 0 rings (SSSR count). The number of hydrogen-bond acceptors (Lipinski definition) is 3. The Bertz CT molecular complexity index is 182. The Morgan fingerprint density at radius 3 is 2.80 bits per heavy atom. The molecule has 0 bridgehead atoms. The minimum absolute atomic E-state index is 0.237. The number of rotatable bonds is 3. The molecule has 0 aliphatic carbocycles. The minimum Gasteiger partial charge on any atom is -0.480 e. The lowest BCUT2D eigenvalue weighted by molar-refractivity contribution is -0.142. The highest BCUT2D eigenvalue weighted by Crippen LogP contribution is 1.98. The topological polar surface area (TPSA) is 112 Å². The average Bonchev–Trinajstić information content (AvgIpc) is 1.84. The van der Waals surface area contributed by atoms with Gasteiger partial charge in [-0.25, -0.2) is 0 Å². The Balaban J connectivity index is 4.12. The van der Waals surface area contributed by atoms with Crippen molar-refractivity contribution in [2.75, 3.05) is 6.54 Å². The van der Waals surface area contributed by atoms with Crippen LogP contribution in [-0.2, 0) is 4.79 Å². The predicted octanol–water partition coefficient (Wildman–Crippen LogP) is 0.0987. The molecule has 0 unspecified atom stereocenters. The van der Waals surface area contributed by atoms with Crippen LogP contribution in [0.4, 0.5) is 0 Å². The molecular weight excluding hydrogens is 136 g/mol. The van der Waals surface area contributed by atoms with Crippen LogP contribution in [0.25, 0.3) is 10.4 Å². The quantitative estimate of drug-likeness (QED) is 0.332. The highest BCUT2D eigenvalue weighted by molar-refractivity contribution is 5.78. The van der Waals surface area contributed by atoms with E-state index in [-0.39, 0.29) is 6.54 Å². The van der Waals surface area contributed by atoms with Gasteiger partial charge in [0.05, 0.1) is 6.54 Å². The number of carboxylic acid groups (broad SMARTS) is 1. The van der Waals surface area contributed by atoms with Crippen LogP contribution in [0.1, 0.15) is 6.92 Å². The monoisotopic (exact) mass is 144 g/mol. The molecule has 0 aliphatic rings. The second-order valence-corrected chi connectivity index (χ2v) is 2.11. The van der Waals surface area contributed by atoms with E-state index in [1.54, 1.807) is 0 Å². The van der Waals surface area contributed by atoms with E-state index in [0.717, 1.165) is 0 Å². The predicted molar refractivity (Wildman–Crippen MR) is 34.2 cm³/mol. The Morgan fingerprint density at radius 1 is 2.00 bits per heavy atom. The summed E-state index contributed by atoms with van der Waals surface area (Å²) >= 11 is 0. The lowest BCUT2D eigenvalue weighted by Gasteiger charge is -2.14. The van der Waals surface area contributed by atoms with Crippen molar-refractivity contribution in [2.45, 2.75) is 12.5 Å². The summed E-state index contributed by atoms with van der Waals surface area (Å²) in [5.74, 6) is -1.18. The van der Waals surface area contributed by atoms with Gasteiger partial charge in [-0.05, 0) is 12.5 Å². The molecule has 0 saturated heterocycles. The van der Waals surface area contributed by atoms with Gasteiger partial charge in [-0.2, -0.15) is 0 Å². The zero-order valence-electron chi connectivity index (χ0n) is 5.48. The Kier molecular flexibility index (Phi) is 2.66. The molecule has 1 atom stereocenters. The molecule has 0 fully saturated rings. The van der Waals surface area contributed by atoms with Gasteiger partial charge < -0.3 is 10.8 Å². The van der Waals surface area contributed by atoms with Gasteiger partial charge in [-0.3, -0.25) is 4.79 Å². The van der Waals surface area contributed by atoms with Crippen LogP contribution in [0.2, 0.25) is 0 Å². The van der Waals surface area contributed by atoms with Crippen LogP contribution in [0, 0.1) is 0 Å². The van der Waals surface area contributed by atoms with Gasteiger partial charge in [-0.1, -0.05) is 5.11 Å². The van der Waals surface area contributed by atoms with Crippen molar-refractivity contribution in [3.63, 3.8) is 0 Å². The van der Waals surface area contributed by atoms with Gasteiger partial charge in [0.1, 0.15) is 5.54 Å².